The second kappa shape index (κ2) is 7.05. The molecule has 1 N–H and O–H groups in total. The van der Waals surface area contributed by atoms with Gasteiger partial charge in [-0.05, 0) is 18.5 Å². The largest absolute Gasteiger partial charge is 0.468 e. The van der Waals surface area contributed by atoms with Crippen LogP contribution in [-0.2, 0) is 20.9 Å². The number of methoxy groups -OCH3 is 1. The molecule has 0 aromatic heterocycles. The molecule has 1 fully saturated rings. The van der Waals surface area contributed by atoms with Gasteiger partial charge in [-0.15, -0.1) is 0 Å². The highest BCUT2D eigenvalue weighted by Crippen LogP contribution is 2.18. The van der Waals surface area contributed by atoms with E-state index in [-0.39, 0.29) is 18.4 Å². The van der Waals surface area contributed by atoms with Gasteiger partial charge in [-0.25, -0.2) is 0 Å². The Kier molecular flexibility index (Phi) is 5.12. The van der Waals surface area contributed by atoms with Crippen LogP contribution < -0.4 is 5.32 Å². The summed E-state index contributed by atoms with van der Waals surface area (Å²) < 4.78 is 4.50. The fourth-order valence-corrected chi connectivity index (χ4v) is 2.41. The van der Waals surface area contributed by atoms with Gasteiger partial charge in [-0.3, -0.25) is 14.5 Å². The van der Waals surface area contributed by atoms with Gasteiger partial charge in [0.1, 0.15) is 6.54 Å². The van der Waals surface area contributed by atoms with Crippen molar-refractivity contribution in [1.29, 1.82) is 0 Å². The van der Waals surface area contributed by atoms with E-state index in [4.69, 9.17) is 0 Å². The average Bonchev–Trinajstić information content (AvgIpc) is 2.94. The Hall–Kier alpha value is -1.88. The molecule has 1 aromatic rings. The van der Waals surface area contributed by atoms with Gasteiger partial charge in [0.15, 0.2) is 0 Å². The summed E-state index contributed by atoms with van der Waals surface area (Å²) in [5, 5.41) is 2.62. The first-order valence-corrected chi connectivity index (χ1v) is 6.80. The molecule has 108 valence electrons. The van der Waals surface area contributed by atoms with Gasteiger partial charge < -0.3 is 10.1 Å². The molecule has 0 radical (unpaired) electrons. The molecule has 0 spiro atoms. The molecule has 1 amide bonds. The first-order valence-electron chi connectivity index (χ1n) is 6.80. The molecule has 5 nitrogen and oxygen atoms in total. The highest BCUT2D eigenvalue weighted by molar-refractivity contribution is 5.83. The summed E-state index contributed by atoms with van der Waals surface area (Å²) in [5.41, 5.74) is 1.25. The zero-order valence-corrected chi connectivity index (χ0v) is 11.7. The lowest BCUT2D eigenvalue weighted by Crippen LogP contribution is -2.36. The minimum atomic E-state index is -0.419. The maximum atomic E-state index is 11.9. The Morgan fingerprint density at radius 1 is 1.35 bits per heavy atom. The van der Waals surface area contributed by atoms with E-state index in [0.717, 1.165) is 26.1 Å². The van der Waals surface area contributed by atoms with Crippen LogP contribution in [0.3, 0.4) is 0 Å². The summed E-state index contributed by atoms with van der Waals surface area (Å²) in [5.74, 6) is -0.521. The normalized spacial score (nSPS) is 18.8. The average molecular weight is 276 g/mol. The number of hydrogen-bond acceptors (Lipinski definition) is 4. The van der Waals surface area contributed by atoms with Gasteiger partial charge in [0.2, 0.25) is 5.91 Å². The topological polar surface area (TPSA) is 58.6 Å². The molecular weight excluding hydrogens is 256 g/mol. The predicted molar refractivity (Wildman–Crippen MR) is 74.9 cm³/mol. The summed E-state index contributed by atoms with van der Waals surface area (Å²) in [6, 6.07) is 10.2. The first-order chi connectivity index (χ1) is 9.69. The number of likely N-dealkylation sites (tertiary alicyclic amines) is 1. The van der Waals surface area contributed by atoms with Gasteiger partial charge in [-0.2, -0.15) is 0 Å². The van der Waals surface area contributed by atoms with Crippen LogP contribution in [0.2, 0.25) is 0 Å². The van der Waals surface area contributed by atoms with E-state index >= 15 is 0 Å². The molecule has 1 saturated heterocycles. The Labute approximate surface area is 118 Å². The molecule has 0 saturated carbocycles. The molecule has 1 heterocycles. The van der Waals surface area contributed by atoms with E-state index in [9.17, 15) is 9.59 Å². The maximum Gasteiger partial charge on any atom is 0.325 e. The molecule has 1 aromatic carbocycles. The van der Waals surface area contributed by atoms with E-state index in [1.807, 2.05) is 18.2 Å². The Morgan fingerprint density at radius 3 is 2.80 bits per heavy atom. The first kappa shape index (κ1) is 14.5. The second-order valence-electron chi connectivity index (χ2n) is 5.00. The molecule has 5 heteroatoms. The number of ether oxygens (including phenoxy) is 1. The minimum Gasteiger partial charge on any atom is -0.468 e. The maximum absolute atomic E-state index is 11.9. The van der Waals surface area contributed by atoms with Crippen molar-refractivity contribution in [1.82, 2.24) is 10.2 Å². The van der Waals surface area contributed by atoms with Crippen LogP contribution in [0, 0.1) is 5.92 Å². The number of benzene rings is 1. The van der Waals surface area contributed by atoms with E-state index in [0.29, 0.717) is 0 Å². The molecule has 0 aliphatic carbocycles. The van der Waals surface area contributed by atoms with Crippen molar-refractivity contribution in [2.75, 3.05) is 26.7 Å². The lowest BCUT2D eigenvalue weighted by atomic mass is 10.1. The third kappa shape index (κ3) is 4.06. The van der Waals surface area contributed by atoms with Gasteiger partial charge in [0, 0.05) is 13.1 Å². The number of hydrogen-bond donors (Lipinski definition) is 1. The Balaban J connectivity index is 1.77. The van der Waals surface area contributed by atoms with Crippen LogP contribution in [-0.4, -0.2) is 43.5 Å². The van der Waals surface area contributed by atoms with Crippen molar-refractivity contribution in [3.8, 4) is 0 Å². The fourth-order valence-electron chi connectivity index (χ4n) is 2.41. The second-order valence-corrected chi connectivity index (χ2v) is 5.00. The molecule has 1 aliphatic heterocycles. The molecule has 20 heavy (non-hydrogen) atoms. The SMILES string of the molecule is COC(=O)CNC(=O)C1CCN(Cc2ccccc2)C1. The summed E-state index contributed by atoms with van der Waals surface area (Å²) in [7, 11) is 1.31. The van der Waals surface area contributed by atoms with Crippen molar-refractivity contribution in [2.45, 2.75) is 13.0 Å². The number of esters is 1. The van der Waals surface area contributed by atoms with Gasteiger partial charge >= 0.3 is 5.97 Å². The number of nitrogens with one attached hydrogen (secondary N) is 1. The quantitative estimate of drug-likeness (QED) is 0.808. The van der Waals surface area contributed by atoms with Crippen LogP contribution in [0.4, 0.5) is 0 Å². The Morgan fingerprint density at radius 2 is 2.10 bits per heavy atom. The van der Waals surface area contributed by atoms with Crippen molar-refractivity contribution in [2.24, 2.45) is 5.92 Å². The van der Waals surface area contributed by atoms with E-state index in [1.54, 1.807) is 0 Å². The summed E-state index contributed by atoms with van der Waals surface area (Å²) in [6.07, 6.45) is 0.833. The summed E-state index contributed by atoms with van der Waals surface area (Å²) >= 11 is 0. The van der Waals surface area contributed by atoms with Crippen LogP contribution in [0.15, 0.2) is 30.3 Å². The predicted octanol–water partition coefficient (Wildman–Crippen LogP) is 0.798. The van der Waals surface area contributed by atoms with E-state index in [2.05, 4.69) is 27.1 Å². The third-order valence-corrected chi connectivity index (χ3v) is 3.53. The monoisotopic (exact) mass is 276 g/mol. The van der Waals surface area contributed by atoms with Gasteiger partial charge in [0.25, 0.3) is 0 Å². The summed E-state index contributed by atoms with van der Waals surface area (Å²) in [4.78, 5) is 25.2. The number of carbonyl (C=O) groups is 2. The van der Waals surface area contributed by atoms with E-state index < -0.39 is 5.97 Å². The smallest absolute Gasteiger partial charge is 0.325 e. The van der Waals surface area contributed by atoms with Crippen molar-refractivity contribution in [3.05, 3.63) is 35.9 Å². The lowest BCUT2D eigenvalue weighted by Gasteiger charge is -2.15. The zero-order valence-electron chi connectivity index (χ0n) is 11.7. The molecule has 1 unspecified atom stereocenters. The third-order valence-electron chi connectivity index (χ3n) is 3.53. The molecule has 2 rings (SSSR count). The van der Waals surface area contributed by atoms with Crippen molar-refractivity contribution < 1.29 is 14.3 Å². The highest BCUT2D eigenvalue weighted by Gasteiger charge is 2.28. The van der Waals surface area contributed by atoms with Crippen LogP contribution >= 0.6 is 0 Å². The molecule has 1 aliphatic rings. The van der Waals surface area contributed by atoms with Gasteiger partial charge in [0.05, 0.1) is 13.0 Å². The summed E-state index contributed by atoms with van der Waals surface area (Å²) in [6.45, 7) is 2.46. The van der Waals surface area contributed by atoms with E-state index in [1.165, 1.54) is 12.7 Å². The van der Waals surface area contributed by atoms with Crippen molar-refractivity contribution >= 4 is 11.9 Å². The Bertz CT molecular complexity index is 461. The van der Waals surface area contributed by atoms with Crippen LogP contribution in [0.5, 0.6) is 0 Å². The number of rotatable bonds is 5. The zero-order chi connectivity index (χ0) is 14.4. The standard InChI is InChI=1S/C15H20N2O3/c1-20-14(18)9-16-15(19)13-7-8-17(11-13)10-12-5-3-2-4-6-12/h2-6,13H,7-11H2,1H3,(H,16,19). The highest BCUT2D eigenvalue weighted by atomic mass is 16.5. The van der Waals surface area contributed by atoms with Crippen LogP contribution in [0.1, 0.15) is 12.0 Å². The van der Waals surface area contributed by atoms with Gasteiger partial charge in [-0.1, -0.05) is 30.3 Å². The minimum absolute atomic E-state index is 0.0385. The van der Waals surface area contributed by atoms with Crippen molar-refractivity contribution in [3.63, 3.8) is 0 Å². The molecule has 1 atom stereocenters. The number of carbonyl (C=O) groups excluding carboxylic acids is 2. The molecular formula is C15H20N2O3. The number of nitrogens with zero attached hydrogens (tertiary/aromatic N) is 1. The fraction of sp³-hybridized carbons (Fsp3) is 0.467. The number of amides is 1. The lowest BCUT2D eigenvalue weighted by molar-refractivity contribution is -0.141. The molecule has 0 bridgehead atoms. The van der Waals surface area contributed by atoms with Crippen LogP contribution in [0.25, 0.3) is 0 Å².